The minimum absolute atomic E-state index is 0.140. The fourth-order valence-corrected chi connectivity index (χ4v) is 4.66. The van der Waals surface area contributed by atoms with Crippen LogP contribution in [0, 0.1) is 0 Å². The number of thiocarbonyl (C=S) groups is 1. The van der Waals surface area contributed by atoms with Gasteiger partial charge in [0, 0.05) is 40.7 Å². The van der Waals surface area contributed by atoms with Gasteiger partial charge in [-0.2, -0.15) is 0 Å². The smallest absolute Gasteiger partial charge is 0.325 e. The number of hydrogen-bond acceptors (Lipinski definition) is 5. The third-order valence-electron chi connectivity index (χ3n) is 5.65. The van der Waals surface area contributed by atoms with E-state index in [0.717, 1.165) is 27.4 Å². The number of rotatable bonds is 8. The Morgan fingerprint density at radius 1 is 1.23 bits per heavy atom. The third kappa shape index (κ3) is 5.37. The summed E-state index contributed by atoms with van der Waals surface area (Å²) in [4.78, 5) is 27.7. The molecule has 35 heavy (non-hydrogen) atoms. The molecule has 2 aromatic carbocycles. The lowest BCUT2D eigenvalue weighted by atomic mass is 10.1. The van der Waals surface area contributed by atoms with Crippen molar-refractivity contribution in [1.82, 2.24) is 14.4 Å². The van der Waals surface area contributed by atoms with Gasteiger partial charge in [-0.25, -0.2) is 0 Å². The van der Waals surface area contributed by atoms with Crippen molar-refractivity contribution in [3.8, 4) is 5.75 Å². The number of likely N-dealkylation sites (N-methyl/N-ethyl adjacent to an activating group) is 1. The highest BCUT2D eigenvalue weighted by Gasteiger charge is 2.37. The van der Waals surface area contributed by atoms with E-state index < -0.39 is 5.97 Å². The fraction of sp³-hybridized carbons (Fsp3) is 0.240. The molecule has 1 aromatic heterocycles. The Bertz CT molecular complexity index is 1340. The van der Waals surface area contributed by atoms with Crippen molar-refractivity contribution in [3.05, 3.63) is 69.4 Å². The number of fused-ring (bicyclic) bond motifs is 1. The average molecular weight is 577 g/mol. The summed E-state index contributed by atoms with van der Waals surface area (Å²) in [6, 6.07) is 13.4. The van der Waals surface area contributed by atoms with Crippen LogP contribution in [-0.2, 0) is 20.9 Å². The normalized spacial score (nSPS) is 14.9. The number of carbonyl (C=O) groups excluding carboxylic acids is 2. The standard InChI is InChI=1S/C25H23BrClN3O4S/c1-28-24(32)21(30(25(28)35)15-23(31)33-2)12-16-14-29(20-9-8-17(26)13-18(16)20)10-5-11-34-22-7-4-3-6-19(22)27/h3-4,6-9,12-14H,5,10-11,15H2,1-2H3/b21-12-. The summed E-state index contributed by atoms with van der Waals surface area (Å²) in [6.07, 6.45) is 4.51. The van der Waals surface area contributed by atoms with Crippen LogP contribution in [0.1, 0.15) is 12.0 Å². The van der Waals surface area contributed by atoms with Crippen molar-refractivity contribution in [3.63, 3.8) is 0 Å². The molecule has 7 nitrogen and oxygen atoms in total. The van der Waals surface area contributed by atoms with Crippen LogP contribution in [0.5, 0.6) is 5.75 Å². The molecule has 0 bridgehead atoms. The van der Waals surface area contributed by atoms with Gasteiger partial charge in [-0.05, 0) is 55.0 Å². The maximum atomic E-state index is 12.9. The van der Waals surface area contributed by atoms with Crippen LogP contribution in [0.25, 0.3) is 17.0 Å². The molecule has 0 unspecified atom stereocenters. The van der Waals surface area contributed by atoms with Crippen LogP contribution < -0.4 is 4.74 Å². The van der Waals surface area contributed by atoms with Crippen LogP contribution in [0.4, 0.5) is 0 Å². The summed E-state index contributed by atoms with van der Waals surface area (Å²) in [5.74, 6) is -0.0978. The minimum Gasteiger partial charge on any atom is -0.492 e. The molecule has 1 aliphatic rings. The van der Waals surface area contributed by atoms with Crippen LogP contribution >= 0.6 is 39.7 Å². The number of ether oxygens (including phenoxy) is 2. The van der Waals surface area contributed by atoms with E-state index in [4.69, 9.17) is 33.3 Å². The van der Waals surface area contributed by atoms with Gasteiger partial charge in [0.1, 0.15) is 18.0 Å². The van der Waals surface area contributed by atoms with Crippen LogP contribution in [0.3, 0.4) is 0 Å². The molecule has 0 radical (unpaired) electrons. The molecule has 1 saturated heterocycles. The van der Waals surface area contributed by atoms with Crippen molar-refractivity contribution >= 4 is 73.7 Å². The molecule has 10 heteroatoms. The number of nitrogens with zero attached hydrogens (tertiary/aromatic N) is 3. The molecule has 1 amide bonds. The summed E-state index contributed by atoms with van der Waals surface area (Å²) < 4.78 is 13.6. The first-order valence-electron chi connectivity index (χ1n) is 10.8. The number of aryl methyl sites for hydroxylation is 1. The van der Waals surface area contributed by atoms with Gasteiger partial charge in [0.25, 0.3) is 5.91 Å². The largest absolute Gasteiger partial charge is 0.492 e. The van der Waals surface area contributed by atoms with Crippen molar-refractivity contribution in [1.29, 1.82) is 0 Å². The number of methoxy groups -OCH3 is 1. The van der Waals surface area contributed by atoms with Gasteiger partial charge in [0.15, 0.2) is 5.11 Å². The Kier molecular flexibility index (Phi) is 7.78. The second-order valence-corrected chi connectivity index (χ2v) is 9.60. The lowest BCUT2D eigenvalue weighted by Crippen LogP contribution is -2.33. The third-order valence-corrected chi connectivity index (χ3v) is 6.95. The van der Waals surface area contributed by atoms with Gasteiger partial charge < -0.3 is 18.9 Å². The Morgan fingerprint density at radius 2 is 2.00 bits per heavy atom. The van der Waals surface area contributed by atoms with E-state index in [0.29, 0.717) is 29.6 Å². The van der Waals surface area contributed by atoms with Crippen molar-refractivity contribution < 1.29 is 19.1 Å². The number of carbonyl (C=O) groups is 2. The monoisotopic (exact) mass is 575 g/mol. The number of esters is 1. The highest BCUT2D eigenvalue weighted by Crippen LogP contribution is 2.30. The molecule has 0 aliphatic carbocycles. The van der Waals surface area contributed by atoms with Gasteiger partial charge in [-0.1, -0.05) is 39.7 Å². The first-order valence-corrected chi connectivity index (χ1v) is 12.4. The number of aromatic nitrogens is 1. The molecule has 3 aromatic rings. The summed E-state index contributed by atoms with van der Waals surface area (Å²) in [7, 11) is 2.89. The minimum atomic E-state index is -0.481. The number of halogens is 2. The first-order chi connectivity index (χ1) is 16.8. The predicted molar refractivity (Wildman–Crippen MR) is 143 cm³/mol. The van der Waals surface area contributed by atoms with Gasteiger partial charge in [0.05, 0.1) is 18.7 Å². The van der Waals surface area contributed by atoms with E-state index in [1.165, 1.54) is 16.9 Å². The Labute approximate surface area is 222 Å². The summed E-state index contributed by atoms with van der Waals surface area (Å²) >= 11 is 15.1. The topological polar surface area (TPSA) is 64.0 Å². The van der Waals surface area contributed by atoms with E-state index in [1.807, 2.05) is 42.6 Å². The van der Waals surface area contributed by atoms with Gasteiger partial charge in [-0.15, -0.1) is 0 Å². The summed E-state index contributed by atoms with van der Waals surface area (Å²) in [6.45, 7) is 1.06. The zero-order chi connectivity index (χ0) is 25.1. The number of amides is 1. The quantitative estimate of drug-likeness (QED) is 0.161. The first kappa shape index (κ1) is 25.2. The van der Waals surface area contributed by atoms with Crippen LogP contribution in [-0.4, -0.2) is 58.7 Å². The summed E-state index contributed by atoms with van der Waals surface area (Å²) in [5, 5.41) is 1.80. The Hall–Kier alpha value is -2.88. The Balaban J connectivity index is 1.61. The van der Waals surface area contributed by atoms with Gasteiger partial charge >= 0.3 is 5.97 Å². The summed E-state index contributed by atoms with van der Waals surface area (Å²) in [5.41, 5.74) is 2.17. The zero-order valence-electron chi connectivity index (χ0n) is 19.2. The lowest BCUT2D eigenvalue weighted by molar-refractivity contribution is -0.140. The van der Waals surface area contributed by atoms with E-state index in [-0.39, 0.29) is 17.6 Å². The molecule has 1 fully saturated rings. The second kappa shape index (κ2) is 10.8. The molecular weight excluding hydrogens is 554 g/mol. The molecule has 182 valence electrons. The van der Waals surface area contributed by atoms with Gasteiger partial charge in [0.2, 0.25) is 0 Å². The molecule has 4 rings (SSSR count). The lowest BCUT2D eigenvalue weighted by Gasteiger charge is -2.16. The predicted octanol–water partition coefficient (Wildman–Crippen LogP) is 5.10. The second-order valence-electron chi connectivity index (χ2n) is 7.91. The van der Waals surface area contributed by atoms with Gasteiger partial charge in [-0.3, -0.25) is 14.5 Å². The number of benzene rings is 2. The van der Waals surface area contributed by atoms with E-state index >= 15 is 0 Å². The van der Waals surface area contributed by atoms with E-state index in [9.17, 15) is 9.59 Å². The molecule has 0 spiro atoms. The zero-order valence-corrected chi connectivity index (χ0v) is 22.3. The van der Waals surface area contributed by atoms with Crippen molar-refractivity contribution in [2.45, 2.75) is 13.0 Å². The SMILES string of the molecule is COC(=O)CN1C(=S)N(C)C(=O)/C1=C/c1cn(CCCOc2ccccc2Cl)c2ccc(Br)cc12. The molecule has 0 atom stereocenters. The van der Waals surface area contributed by atoms with Crippen LogP contribution in [0.2, 0.25) is 5.02 Å². The van der Waals surface area contributed by atoms with E-state index in [2.05, 4.69) is 20.5 Å². The molecule has 0 N–H and O–H groups in total. The van der Waals surface area contributed by atoms with Crippen molar-refractivity contribution in [2.75, 3.05) is 27.3 Å². The molecule has 2 heterocycles. The number of para-hydroxylation sites is 1. The highest BCUT2D eigenvalue weighted by atomic mass is 79.9. The van der Waals surface area contributed by atoms with Crippen LogP contribution in [0.15, 0.2) is 58.8 Å². The Morgan fingerprint density at radius 3 is 2.74 bits per heavy atom. The average Bonchev–Trinajstić information content (AvgIpc) is 3.28. The number of hydrogen-bond donors (Lipinski definition) is 0. The van der Waals surface area contributed by atoms with Crippen molar-refractivity contribution in [2.24, 2.45) is 0 Å². The molecule has 0 saturated carbocycles. The van der Waals surface area contributed by atoms with E-state index in [1.54, 1.807) is 19.2 Å². The fourth-order valence-electron chi connectivity index (χ4n) is 3.87. The maximum Gasteiger partial charge on any atom is 0.325 e. The molecule has 1 aliphatic heterocycles. The maximum absolute atomic E-state index is 12.9. The molecular formula is C25H23BrClN3O4S. The highest BCUT2D eigenvalue weighted by molar-refractivity contribution is 9.10.